The summed E-state index contributed by atoms with van der Waals surface area (Å²) in [4.78, 5) is 10.6. The Morgan fingerprint density at radius 3 is 2.56 bits per heavy atom. The van der Waals surface area contributed by atoms with Gasteiger partial charge in [0.2, 0.25) is 0 Å². The second-order valence-corrected chi connectivity index (χ2v) is 4.62. The SMILES string of the molecule is Cc1cc(O)c(C2CCCCC2)cc1N=O. The molecule has 0 atom stereocenters. The molecule has 2 rings (SSSR count). The molecule has 1 N–H and O–H groups in total. The first kappa shape index (κ1) is 11.1. The molecule has 16 heavy (non-hydrogen) atoms. The van der Waals surface area contributed by atoms with Crippen molar-refractivity contribution in [3.8, 4) is 5.75 Å². The van der Waals surface area contributed by atoms with Crippen molar-refractivity contribution in [2.45, 2.75) is 44.9 Å². The van der Waals surface area contributed by atoms with Crippen LogP contribution >= 0.6 is 0 Å². The van der Waals surface area contributed by atoms with Gasteiger partial charge in [-0.2, -0.15) is 0 Å². The van der Waals surface area contributed by atoms with Gasteiger partial charge < -0.3 is 5.11 Å². The number of phenols is 1. The Hall–Kier alpha value is -1.38. The van der Waals surface area contributed by atoms with E-state index < -0.39 is 0 Å². The summed E-state index contributed by atoms with van der Waals surface area (Å²) in [5.41, 5.74) is 2.10. The number of rotatable bonds is 2. The van der Waals surface area contributed by atoms with Crippen LogP contribution in [0.15, 0.2) is 17.3 Å². The molecular weight excluding hydrogens is 202 g/mol. The molecule has 1 aliphatic rings. The lowest BCUT2D eigenvalue weighted by Gasteiger charge is -2.23. The quantitative estimate of drug-likeness (QED) is 0.760. The lowest BCUT2D eigenvalue weighted by Crippen LogP contribution is -2.04. The smallest absolute Gasteiger partial charge is 0.119 e. The molecule has 0 aliphatic heterocycles. The van der Waals surface area contributed by atoms with Crippen LogP contribution in [0.25, 0.3) is 0 Å². The summed E-state index contributed by atoms with van der Waals surface area (Å²) in [7, 11) is 0. The molecule has 1 aromatic carbocycles. The standard InChI is InChI=1S/C13H17NO2/c1-9-7-13(15)11(8-12(9)14-16)10-5-3-2-4-6-10/h7-8,10,15H,2-6H2,1H3. The Kier molecular flexibility index (Phi) is 3.22. The maximum absolute atomic E-state index is 10.6. The molecule has 0 amide bonds. The predicted octanol–water partition coefficient (Wildman–Crippen LogP) is 4.15. The van der Waals surface area contributed by atoms with Gasteiger partial charge in [-0.05, 0) is 54.1 Å². The highest BCUT2D eigenvalue weighted by atomic mass is 16.3. The molecular formula is C13H17NO2. The average molecular weight is 219 g/mol. The molecule has 0 radical (unpaired) electrons. The fourth-order valence-corrected chi connectivity index (χ4v) is 2.54. The number of phenolic OH excluding ortho intramolecular Hbond substituents is 1. The van der Waals surface area contributed by atoms with Crippen LogP contribution in [0.2, 0.25) is 0 Å². The molecule has 0 spiro atoms. The van der Waals surface area contributed by atoms with Gasteiger partial charge in [-0.15, -0.1) is 4.91 Å². The summed E-state index contributed by atoms with van der Waals surface area (Å²) in [6, 6.07) is 3.41. The third-order valence-electron chi connectivity index (χ3n) is 3.49. The molecule has 1 saturated carbocycles. The van der Waals surface area contributed by atoms with Gasteiger partial charge in [0.15, 0.2) is 0 Å². The van der Waals surface area contributed by atoms with Crippen LogP contribution in [-0.2, 0) is 0 Å². The van der Waals surface area contributed by atoms with Gasteiger partial charge in [-0.3, -0.25) is 0 Å². The third kappa shape index (κ3) is 2.08. The molecule has 0 unspecified atom stereocenters. The number of aromatic hydroxyl groups is 1. The van der Waals surface area contributed by atoms with Crippen molar-refractivity contribution in [3.05, 3.63) is 28.2 Å². The minimum Gasteiger partial charge on any atom is -0.508 e. The molecule has 1 aliphatic carbocycles. The summed E-state index contributed by atoms with van der Waals surface area (Å²) >= 11 is 0. The largest absolute Gasteiger partial charge is 0.508 e. The van der Waals surface area contributed by atoms with Gasteiger partial charge >= 0.3 is 0 Å². The van der Waals surface area contributed by atoms with Gasteiger partial charge in [-0.1, -0.05) is 19.3 Å². The van der Waals surface area contributed by atoms with Crippen LogP contribution in [0.4, 0.5) is 5.69 Å². The first-order valence-electron chi connectivity index (χ1n) is 5.89. The van der Waals surface area contributed by atoms with E-state index in [4.69, 9.17) is 0 Å². The zero-order valence-corrected chi connectivity index (χ0v) is 9.57. The molecule has 0 heterocycles. The molecule has 3 heteroatoms. The number of nitrogens with zero attached hydrogens (tertiary/aromatic N) is 1. The van der Waals surface area contributed by atoms with Crippen LogP contribution in [0.1, 0.15) is 49.1 Å². The fraction of sp³-hybridized carbons (Fsp3) is 0.538. The summed E-state index contributed by atoms with van der Waals surface area (Å²) in [6.07, 6.45) is 5.91. The summed E-state index contributed by atoms with van der Waals surface area (Å²) in [5, 5.41) is 12.9. The Labute approximate surface area is 95.5 Å². The highest BCUT2D eigenvalue weighted by Gasteiger charge is 2.19. The van der Waals surface area contributed by atoms with Crippen LogP contribution < -0.4 is 0 Å². The van der Waals surface area contributed by atoms with Gasteiger partial charge in [0.25, 0.3) is 0 Å². The summed E-state index contributed by atoms with van der Waals surface area (Å²) < 4.78 is 0. The highest BCUT2D eigenvalue weighted by molar-refractivity contribution is 5.54. The van der Waals surface area contributed by atoms with E-state index in [9.17, 15) is 10.0 Å². The number of nitroso groups, excluding NO2 is 1. The number of benzene rings is 1. The van der Waals surface area contributed by atoms with E-state index >= 15 is 0 Å². The zero-order valence-electron chi connectivity index (χ0n) is 9.57. The van der Waals surface area contributed by atoms with Crippen molar-refractivity contribution in [2.24, 2.45) is 5.18 Å². The normalized spacial score (nSPS) is 17.3. The minimum absolute atomic E-state index is 0.316. The van der Waals surface area contributed by atoms with Crippen molar-refractivity contribution < 1.29 is 5.11 Å². The molecule has 86 valence electrons. The molecule has 1 aromatic rings. The third-order valence-corrected chi connectivity index (χ3v) is 3.49. The monoisotopic (exact) mass is 219 g/mol. The predicted molar refractivity (Wildman–Crippen MR) is 64.1 cm³/mol. The number of hydrogen-bond acceptors (Lipinski definition) is 3. The Morgan fingerprint density at radius 2 is 1.94 bits per heavy atom. The zero-order chi connectivity index (χ0) is 11.5. The Balaban J connectivity index is 2.35. The van der Waals surface area contributed by atoms with Gasteiger partial charge in [0, 0.05) is 0 Å². The van der Waals surface area contributed by atoms with Gasteiger partial charge in [0.05, 0.1) is 0 Å². The molecule has 3 nitrogen and oxygen atoms in total. The summed E-state index contributed by atoms with van der Waals surface area (Å²) in [5.74, 6) is 0.714. The lowest BCUT2D eigenvalue weighted by atomic mass is 9.83. The maximum atomic E-state index is 10.6. The van der Waals surface area contributed by atoms with Crippen molar-refractivity contribution in [3.63, 3.8) is 0 Å². The van der Waals surface area contributed by atoms with Gasteiger partial charge in [0.1, 0.15) is 11.4 Å². The average Bonchev–Trinajstić information content (AvgIpc) is 2.30. The topological polar surface area (TPSA) is 49.7 Å². The van der Waals surface area contributed by atoms with Crippen LogP contribution in [0, 0.1) is 11.8 Å². The summed E-state index contributed by atoms with van der Waals surface area (Å²) in [6.45, 7) is 1.79. The van der Waals surface area contributed by atoms with Crippen LogP contribution in [-0.4, -0.2) is 5.11 Å². The van der Waals surface area contributed by atoms with E-state index in [0.717, 1.165) is 24.0 Å². The number of hydrogen-bond donors (Lipinski definition) is 1. The number of aryl methyl sites for hydroxylation is 1. The first-order chi connectivity index (χ1) is 7.72. The van der Waals surface area contributed by atoms with E-state index in [-0.39, 0.29) is 0 Å². The Bertz CT molecular complexity index is 395. The van der Waals surface area contributed by atoms with Crippen molar-refractivity contribution in [2.75, 3.05) is 0 Å². The molecule has 1 fully saturated rings. The Morgan fingerprint density at radius 1 is 1.25 bits per heavy atom. The first-order valence-corrected chi connectivity index (χ1v) is 5.89. The molecule has 0 saturated heterocycles. The second-order valence-electron chi connectivity index (χ2n) is 4.62. The molecule has 0 aromatic heterocycles. The van der Waals surface area contributed by atoms with Crippen molar-refractivity contribution >= 4 is 5.69 Å². The van der Waals surface area contributed by atoms with E-state index in [2.05, 4.69) is 5.18 Å². The second kappa shape index (κ2) is 4.64. The van der Waals surface area contributed by atoms with Crippen LogP contribution in [0.3, 0.4) is 0 Å². The lowest BCUT2D eigenvalue weighted by molar-refractivity contribution is 0.414. The highest BCUT2D eigenvalue weighted by Crippen LogP contribution is 2.39. The van der Waals surface area contributed by atoms with Crippen molar-refractivity contribution in [1.29, 1.82) is 0 Å². The molecule has 0 bridgehead atoms. The van der Waals surface area contributed by atoms with E-state index in [1.165, 1.54) is 19.3 Å². The van der Waals surface area contributed by atoms with E-state index in [0.29, 0.717) is 17.4 Å². The van der Waals surface area contributed by atoms with E-state index in [1.807, 2.05) is 0 Å². The van der Waals surface area contributed by atoms with Crippen LogP contribution in [0.5, 0.6) is 5.75 Å². The van der Waals surface area contributed by atoms with Crippen molar-refractivity contribution in [1.82, 2.24) is 0 Å². The maximum Gasteiger partial charge on any atom is 0.119 e. The fourth-order valence-electron chi connectivity index (χ4n) is 2.54. The van der Waals surface area contributed by atoms with E-state index in [1.54, 1.807) is 19.1 Å². The minimum atomic E-state index is 0.316. The van der Waals surface area contributed by atoms with Gasteiger partial charge in [-0.25, -0.2) is 0 Å².